The molecule has 0 amide bonds. The molecule has 3 aromatic rings. The number of thiophene rings is 1. The Balaban J connectivity index is 1.34. The van der Waals surface area contributed by atoms with Crippen molar-refractivity contribution in [2.75, 3.05) is 26.8 Å². The standard InChI is InChI=1S/C21H22ClN3O3S/c1-23-21(24-11-13-8-15(22)20-17(9-13)27-6-7-28-20)25-12-16(26)19-10-14-4-2-3-5-18(14)29-19/h2-5,8-10,16,26H,6-7,11-12H2,1H3,(H2,23,24,25). The van der Waals surface area contributed by atoms with E-state index in [1.807, 2.05) is 30.3 Å². The fourth-order valence-electron chi connectivity index (χ4n) is 3.13. The molecule has 1 atom stereocenters. The van der Waals surface area contributed by atoms with Crippen LogP contribution in [-0.4, -0.2) is 37.9 Å². The molecule has 0 radical (unpaired) electrons. The van der Waals surface area contributed by atoms with Gasteiger partial charge in [-0.15, -0.1) is 11.3 Å². The molecule has 0 fully saturated rings. The van der Waals surface area contributed by atoms with Gasteiger partial charge in [-0.25, -0.2) is 0 Å². The van der Waals surface area contributed by atoms with Crippen molar-refractivity contribution in [3.63, 3.8) is 0 Å². The largest absolute Gasteiger partial charge is 0.486 e. The third-order valence-corrected chi connectivity index (χ3v) is 6.07. The smallest absolute Gasteiger partial charge is 0.191 e. The van der Waals surface area contributed by atoms with Gasteiger partial charge in [0.1, 0.15) is 19.3 Å². The molecule has 0 saturated heterocycles. The summed E-state index contributed by atoms with van der Waals surface area (Å²) in [5, 5.41) is 18.6. The van der Waals surface area contributed by atoms with Gasteiger partial charge in [0.15, 0.2) is 17.5 Å². The Morgan fingerprint density at radius 1 is 1.21 bits per heavy atom. The van der Waals surface area contributed by atoms with Crippen molar-refractivity contribution in [1.82, 2.24) is 10.6 Å². The molecule has 6 nitrogen and oxygen atoms in total. The average Bonchev–Trinajstić information content (AvgIpc) is 3.18. The van der Waals surface area contributed by atoms with E-state index in [1.165, 1.54) is 4.70 Å². The first-order chi connectivity index (χ1) is 14.1. The predicted molar refractivity (Wildman–Crippen MR) is 117 cm³/mol. The van der Waals surface area contributed by atoms with E-state index < -0.39 is 6.10 Å². The highest BCUT2D eigenvalue weighted by Gasteiger charge is 2.17. The highest BCUT2D eigenvalue weighted by Crippen LogP contribution is 2.38. The monoisotopic (exact) mass is 431 g/mol. The summed E-state index contributed by atoms with van der Waals surface area (Å²) in [6, 6.07) is 13.9. The Kier molecular flexibility index (Phi) is 6.08. The highest BCUT2D eigenvalue weighted by atomic mass is 35.5. The summed E-state index contributed by atoms with van der Waals surface area (Å²) in [6.45, 7) is 1.88. The molecule has 1 aliphatic heterocycles. The molecule has 1 aromatic heterocycles. The molecule has 0 saturated carbocycles. The van der Waals surface area contributed by atoms with Crippen molar-refractivity contribution in [2.24, 2.45) is 4.99 Å². The number of ether oxygens (including phenoxy) is 2. The van der Waals surface area contributed by atoms with E-state index in [9.17, 15) is 5.11 Å². The van der Waals surface area contributed by atoms with E-state index in [1.54, 1.807) is 18.4 Å². The van der Waals surface area contributed by atoms with Crippen LogP contribution in [0.2, 0.25) is 5.02 Å². The van der Waals surface area contributed by atoms with Gasteiger partial charge in [0.05, 0.1) is 5.02 Å². The summed E-state index contributed by atoms with van der Waals surface area (Å²) in [7, 11) is 1.69. The number of benzene rings is 2. The molecule has 0 aliphatic carbocycles. The van der Waals surface area contributed by atoms with Gasteiger partial charge in [0.25, 0.3) is 0 Å². The molecule has 152 valence electrons. The molecule has 4 rings (SSSR count). The minimum Gasteiger partial charge on any atom is -0.486 e. The van der Waals surface area contributed by atoms with Crippen molar-refractivity contribution in [1.29, 1.82) is 0 Å². The summed E-state index contributed by atoms with van der Waals surface area (Å²) in [5.74, 6) is 1.84. The van der Waals surface area contributed by atoms with Gasteiger partial charge in [-0.3, -0.25) is 4.99 Å². The average molecular weight is 432 g/mol. The second kappa shape index (κ2) is 8.90. The molecular weight excluding hydrogens is 410 g/mol. The highest BCUT2D eigenvalue weighted by molar-refractivity contribution is 7.19. The van der Waals surface area contributed by atoms with Crippen LogP contribution < -0.4 is 20.1 Å². The maximum Gasteiger partial charge on any atom is 0.191 e. The Morgan fingerprint density at radius 2 is 2.03 bits per heavy atom. The first-order valence-electron chi connectivity index (χ1n) is 9.33. The van der Waals surface area contributed by atoms with Crippen LogP contribution in [0.4, 0.5) is 0 Å². The summed E-state index contributed by atoms with van der Waals surface area (Å²) >= 11 is 7.89. The molecule has 0 spiro atoms. The van der Waals surface area contributed by atoms with Crippen molar-refractivity contribution in [2.45, 2.75) is 12.6 Å². The SMILES string of the molecule is CN=C(NCc1cc(Cl)c2c(c1)OCCO2)NCC(O)c1cc2ccccc2s1. The number of hydrogen-bond donors (Lipinski definition) is 3. The van der Waals surface area contributed by atoms with Gasteiger partial charge in [-0.05, 0) is 35.2 Å². The fourth-order valence-corrected chi connectivity index (χ4v) is 4.47. The van der Waals surface area contributed by atoms with Crippen LogP contribution in [0.15, 0.2) is 47.5 Å². The summed E-state index contributed by atoms with van der Waals surface area (Å²) in [6.07, 6.45) is -0.616. The number of nitrogens with zero attached hydrogens (tertiary/aromatic N) is 1. The number of aliphatic imine (C=N–C) groups is 1. The number of rotatable bonds is 5. The number of guanidine groups is 1. The third kappa shape index (κ3) is 4.58. The van der Waals surface area contributed by atoms with Crippen LogP contribution in [-0.2, 0) is 6.54 Å². The number of aliphatic hydroxyl groups is 1. The van der Waals surface area contributed by atoms with Gasteiger partial charge >= 0.3 is 0 Å². The summed E-state index contributed by atoms with van der Waals surface area (Å²) in [4.78, 5) is 5.14. The van der Waals surface area contributed by atoms with Crippen LogP contribution in [0.25, 0.3) is 10.1 Å². The first-order valence-corrected chi connectivity index (χ1v) is 10.5. The molecule has 8 heteroatoms. The molecule has 2 aromatic carbocycles. The number of halogens is 1. The zero-order valence-corrected chi connectivity index (χ0v) is 17.5. The van der Waals surface area contributed by atoms with Gasteiger partial charge in [-0.1, -0.05) is 29.8 Å². The van der Waals surface area contributed by atoms with E-state index in [0.717, 1.165) is 15.8 Å². The Morgan fingerprint density at radius 3 is 2.86 bits per heavy atom. The van der Waals surface area contributed by atoms with Crippen molar-refractivity contribution in [3.8, 4) is 11.5 Å². The lowest BCUT2D eigenvalue weighted by molar-refractivity contribution is 0.171. The normalized spacial score (nSPS) is 14.7. The van der Waals surface area contributed by atoms with E-state index in [4.69, 9.17) is 21.1 Å². The van der Waals surface area contributed by atoms with Crippen molar-refractivity contribution in [3.05, 3.63) is 57.9 Å². The van der Waals surface area contributed by atoms with E-state index in [-0.39, 0.29) is 0 Å². The zero-order valence-electron chi connectivity index (χ0n) is 15.9. The Bertz CT molecular complexity index is 1000. The fraction of sp³-hybridized carbons (Fsp3) is 0.286. The molecule has 2 heterocycles. The lowest BCUT2D eigenvalue weighted by atomic mass is 10.2. The minimum absolute atomic E-state index is 0.356. The minimum atomic E-state index is -0.616. The summed E-state index contributed by atoms with van der Waals surface area (Å²) in [5.41, 5.74) is 0.951. The van der Waals surface area contributed by atoms with E-state index in [2.05, 4.69) is 27.8 Å². The van der Waals surface area contributed by atoms with E-state index >= 15 is 0 Å². The van der Waals surface area contributed by atoms with Crippen LogP contribution in [0.1, 0.15) is 16.5 Å². The number of hydrogen-bond acceptors (Lipinski definition) is 5. The van der Waals surface area contributed by atoms with Gasteiger partial charge in [0, 0.05) is 29.7 Å². The van der Waals surface area contributed by atoms with Crippen molar-refractivity contribution >= 4 is 39.0 Å². The quantitative estimate of drug-likeness (QED) is 0.424. The molecule has 1 unspecified atom stereocenters. The Hall–Kier alpha value is -2.48. The van der Waals surface area contributed by atoms with Gasteiger partial charge in [-0.2, -0.15) is 0 Å². The number of fused-ring (bicyclic) bond motifs is 2. The maximum absolute atomic E-state index is 10.5. The van der Waals surface area contributed by atoms with Gasteiger partial charge < -0.3 is 25.2 Å². The number of aliphatic hydroxyl groups excluding tert-OH is 1. The topological polar surface area (TPSA) is 75.1 Å². The second-order valence-corrected chi connectivity index (χ2v) is 8.13. The maximum atomic E-state index is 10.5. The lowest BCUT2D eigenvalue weighted by Gasteiger charge is -2.20. The molecule has 29 heavy (non-hydrogen) atoms. The molecule has 3 N–H and O–H groups in total. The van der Waals surface area contributed by atoms with E-state index in [0.29, 0.717) is 48.8 Å². The first kappa shape index (κ1) is 19.8. The van der Waals surface area contributed by atoms with Crippen molar-refractivity contribution < 1.29 is 14.6 Å². The summed E-state index contributed by atoms with van der Waals surface area (Å²) < 4.78 is 12.3. The lowest BCUT2D eigenvalue weighted by Crippen LogP contribution is -2.38. The van der Waals surface area contributed by atoms with Crippen LogP contribution in [0, 0.1) is 0 Å². The van der Waals surface area contributed by atoms with Crippen LogP contribution in [0.3, 0.4) is 0 Å². The van der Waals surface area contributed by atoms with Gasteiger partial charge in [0.2, 0.25) is 0 Å². The zero-order chi connectivity index (χ0) is 20.2. The van der Waals surface area contributed by atoms with Crippen LogP contribution in [0.5, 0.6) is 11.5 Å². The number of nitrogens with one attached hydrogen (secondary N) is 2. The molecular formula is C21H22ClN3O3S. The predicted octanol–water partition coefficient (Wildman–Crippen LogP) is 3.72. The third-order valence-electron chi connectivity index (χ3n) is 4.58. The van der Waals surface area contributed by atoms with Crippen LogP contribution >= 0.6 is 22.9 Å². The molecule has 0 bridgehead atoms. The Labute approximate surface area is 178 Å². The second-order valence-electron chi connectivity index (χ2n) is 6.61. The molecule has 1 aliphatic rings.